The van der Waals surface area contributed by atoms with Crippen molar-refractivity contribution in [2.45, 2.75) is 31.4 Å². The van der Waals surface area contributed by atoms with Crippen LogP contribution >= 0.6 is 23.2 Å². The summed E-state index contributed by atoms with van der Waals surface area (Å²) in [6, 6.07) is 15.4. The van der Waals surface area contributed by atoms with Crippen molar-refractivity contribution < 1.29 is 18.7 Å². The van der Waals surface area contributed by atoms with Gasteiger partial charge in [-0.3, -0.25) is 9.78 Å². The molecule has 39 heavy (non-hydrogen) atoms. The van der Waals surface area contributed by atoms with E-state index in [1.807, 2.05) is 24.3 Å². The summed E-state index contributed by atoms with van der Waals surface area (Å²) >= 11 is 12.5. The molecular formula is C30H26Cl2FN3O3. The second-order valence-electron chi connectivity index (χ2n) is 9.72. The molecule has 0 unspecified atom stereocenters. The van der Waals surface area contributed by atoms with E-state index in [9.17, 15) is 4.79 Å². The molecule has 2 heterocycles. The monoisotopic (exact) mass is 565 g/mol. The molecule has 9 heteroatoms. The Hall–Kier alpha value is -3.39. The van der Waals surface area contributed by atoms with Crippen molar-refractivity contribution in [2.24, 2.45) is 0 Å². The summed E-state index contributed by atoms with van der Waals surface area (Å²) in [7, 11) is 0. The van der Waals surface area contributed by atoms with Gasteiger partial charge in [0.15, 0.2) is 0 Å². The van der Waals surface area contributed by atoms with Crippen LogP contribution in [0.1, 0.15) is 41.2 Å². The lowest BCUT2D eigenvalue weighted by atomic mass is 9.98. The molecule has 1 saturated carbocycles. The van der Waals surface area contributed by atoms with Crippen LogP contribution in [0.5, 0.6) is 5.75 Å². The number of ether oxygens (including phenoxy) is 2. The molecule has 1 amide bonds. The Morgan fingerprint density at radius 3 is 2.67 bits per heavy atom. The van der Waals surface area contributed by atoms with E-state index in [4.69, 9.17) is 32.7 Å². The average Bonchev–Trinajstić information content (AvgIpc) is 3.75. The smallest absolute Gasteiger partial charge is 0.255 e. The highest BCUT2D eigenvalue weighted by atomic mass is 35.5. The van der Waals surface area contributed by atoms with Gasteiger partial charge in [-0.25, -0.2) is 4.39 Å². The third kappa shape index (κ3) is 5.53. The van der Waals surface area contributed by atoms with E-state index in [1.165, 1.54) is 12.3 Å². The van der Waals surface area contributed by atoms with Crippen LogP contribution in [0.25, 0.3) is 22.0 Å². The number of carbonyl (C=O) groups excluding carboxylic acids is 1. The number of para-hydroxylation sites is 1. The predicted molar refractivity (Wildman–Crippen MR) is 151 cm³/mol. The van der Waals surface area contributed by atoms with E-state index in [1.54, 1.807) is 24.3 Å². The van der Waals surface area contributed by atoms with E-state index >= 15 is 4.39 Å². The summed E-state index contributed by atoms with van der Waals surface area (Å²) in [5.41, 5.74) is 3.01. The molecular weight excluding hydrogens is 540 g/mol. The fourth-order valence-corrected chi connectivity index (χ4v) is 5.47. The third-order valence-corrected chi connectivity index (χ3v) is 7.37. The molecule has 1 aliphatic heterocycles. The number of pyridine rings is 1. The molecule has 0 radical (unpaired) electrons. The van der Waals surface area contributed by atoms with Crippen molar-refractivity contribution in [2.75, 3.05) is 25.1 Å². The molecule has 2 N–H and O–H groups in total. The number of nitrogens with zero attached hydrogens (tertiary/aromatic N) is 1. The number of aromatic nitrogens is 1. The van der Waals surface area contributed by atoms with E-state index < -0.39 is 5.82 Å². The Kier molecular flexibility index (Phi) is 7.30. The molecule has 6 nitrogen and oxygen atoms in total. The molecule has 1 fully saturated rings. The topological polar surface area (TPSA) is 72.5 Å². The minimum atomic E-state index is -0.465. The Morgan fingerprint density at radius 1 is 1.08 bits per heavy atom. The van der Waals surface area contributed by atoms with Gasteiger partial charge in [0, 0.05) is 45.7 Å². The van der Waals surface area contributed by atoms with Crippen LogP contribution in [-0.4, -0.2) is 36.8 Å². The first-order chi connectivity index (χ1) is 19.0. The lowest BCUT2D eigenvalue weighted by Gasteiger charge is -2.27. The van der Waals surface area contributed by atoms with Crippen molar-refractivity contribution in [3.05, 3.63) is 87.8 Å². The van der Waals surface area contributed by atoms with Crippen molar-refractivity contribution in [1.82, 2.24) is 10.3 Å². The van der Waals surface area contributed by atoms with E-state index in [2.05, 4.69) is 15.6 Å². The lowest BCUT2D eigenvalue weighted by Crippen LogP contribution is -2.32. The number of nitrogens with one attached hydrogen (secondary N) is 2. The fraction of sp³-hybridized carbons (Fsp3) is 0.267. The quantitative estimate of drug-likeness (QED) is 0.221. The number of halogens is 3. The van der Waals surface area contributed by atoms with E-state index in [0.717, 1.165) is 24.2 Å². The normalized spacial score (nSPS) is 16.4. The Morgan fingerprint density at radius 2 is 1.87 bits per heavy atom. The van der Waals surface area contributed by atoms with E-state index in [0.29, 0.717) is 70.0 Å². The maximum absolute atomic E-state index is 15.3. The van der Waals surface area contributed by atoms with Crippen LogP contribution in [0.15, 0.2) is 60.8 Å². The Bertz CT molecular complexity index is 1540. The van der Waals surface area contributed by atoms with Gasteiger partial charge in [-0.1, -0.05) is 41.4 Å². The van der Waals surface area contributed by atoms with Gasteiger partial charge in [0.05, 0.1) is 42.1 Å². The second-order valence-corrected chi connectivity index (χ2v) is 10.6. The van der Waals surface area contributed by atoms with Gasteiger partial charge >= 0.3 is 0 Å². The van der Waals surface area contributed by atoms with Crippen LogP contribution in [0.4, 0.5) is 10.1 Å². The molecule has 4 aromatic rings. The van der Waals surface area contributed by atoms with Crippen molar-refractivity contribution in [3.63, 3.8) is 0 Å². The molecule has 6 rings (SSSR count). The Balaban J connectivity index is 1.40. The zero-order valence-corrected chi connectivity index (χ0v) is 22.5. The lowest BCUT2D eigenvalue weighted by molar-refractivity contribution is 0.0925. The zero-order chi connectivity index (χ0) is 26.9. The Labute approximate surface area is 235 Å². The van der Waals surface area contributed by atoms with Crippen LogP contribution in [0.2, 0.25) is 10.0 Å². The van der Waals surface area contributed by atoms with Crippen molar-refractivity contribution >= 4 is 45.7 Å². The summed E-state index contributed by atoms with van der Waals surface area (Å²) in [6.45, 7) is 1.47. The predicted octanol–water partition coefficient (Wildman–Crippen LogP) is 7.19. The van der Waals surface area contributed by atoms with E-state index in [-0.39, 0.29) is 17.5 Å². The highest BCUT2D eigenvalue weighted by Gasteiger charge is 2.26. The summed E-state index contributed by atoms with van der Waals surface area (Å²) in [5, 5.41) is 7.90. The van der Waals surface area contributed by atoms with Crippen LogP contribution in [-0.2, 0) is 4.74 Å². The molecule has 2 aliphatic rings. The number of benzene rings is 3. The summed E-state index contributed by atoms with van der Waals surface area (Å²) in [5.74, 6) is 0.0160. The van der Waals surface area contributed by atoms with Gasteiger partial charge in [0.1, 0.15) is 11.6 Å². The first-order valence-electron chi connectivity index (χ1n) is 12.9. The van der Waals surface area contributed by atoms with Gasteiger partial charge < -0.3 is 20.1 Å². The molecule has 1 aromatic heterocycles. The minimum Gasteiger partial charge on any atom is -0.493 e. The number of hydrogen-bond donors (Lipinski definition) is 2. The van der Waals surface area contributed by atoms with Gasteiger partial charge in [-0.15, -0.1) is 0 Å². The fourth-order valence-electron chi connectivity index (χ4n) is 4.94. The number of fused-ring (bicyclic) bond motifs is 2. The third-order valence-electron chi connectivity index (χ3n) is 6.93. The highest BCUT2D eigenvalue weighted by Crippen LogP contribution is 2.38. The van der Waals surface area contributed by atoms with Crippen molar-refractivity contribution in [3.8, 4) is 16.9 Å². The molecule has 3 aromatic carbocycles. The highest BCUT2D eigenvalue weighted by molar-refractivity contribution is 6.35. The largest absolute Gasteiger partial charge is 0.493 e. The molecule has 0 bridgehead atoms. The molecule has 1 atom stereocenters. The van der Waals surface area contributed by atoms with Gasteiger partial charge in [0.2, 0.25) is 0 Å². The number of hydrogen-bond acceptors (Lipinski definition) is 5. The standard InChI is InChI=1S/C30H26Cl2FN3O3/c31-18-13-17(14-19(32)15-18)27-24(33)8-7-22-28(34-10-12-38-20-5-6-20)23(16-35-29(22)27)30(37)36-25-9-11-39-26-4-2-1-3-21(25)26/h1-4,7-8,13-16,20,25H,5-6,9-12H2,(H,34,35)(H,36,37)/t25-/m0/s1. The summed E-state index contributed by atoms with van der Waals surface area (Å²) < 4.78 is 26.8. The first kappa shape index (κ1) is 25.9. The van der Waals surface area contributed by atoms with Gasteiger partial charge in [-0.2, -0.15) is 0 Å². The van der Waals surface area contributed by atoms with Crippen LogP contribution in [0.3, 0.4) is 0 Å². The molecule has 1 aliphatic carbocycles. The molecule has 200 valence electrons. The second kappa shape index (κ2) is 11.0. The first-order valence-corrected chi connectivity index (χ1v) is 13.7. The maximum Gasteiger partial charge on any atom is 0.255 e. The SMILES string of the molecule is O=C(N[C@H]1CCOc2ccccc21)c1cnc2c(-c3cc(Cl)cc(Cl)c3)c(F)ccc2c1NCCOC1CC1. The zero-order valence-electron chi connectivity index (χ0n) is 21.0. The number of amides is 1. The minimum absolute atomic E-state index is 0.207. The number of carbonyl (C=O) groups is 1. The van der Waals surface area contributed by atoms with Gasteiger partial charge in [0.25, 0.3) is 5.91 Å². The van der Waals surface area contributed by atoms with Gasteiger partial charge in [-0.05, 0) is 54.8 Å². The van der Waals surface area contributed by atoms with Crippen LogP contribution < -0.4 is 15.4 Å². The average molecular weight is 566 g/mol. The maximum atomic E-state index is 15.3. The van der Waals surface area contributed by atoms with Crippen molar-refractivity contribution in [1.29, 1.82) is 0 Å². The number of anilines is 1. The van der Waals surface area contributed by atoms with Crippen LogP contribution in [0, 0.1) is 5.82 Å². The number of rotatable bonds is 8. The summed E-state index contributed by atoms with van der Waals surface area (Å²) in [4.78, 5) is 18.3. The molecule has 0 spiro atoms. The molecule has 0 saturated heterocycles. The summed E-state index contributed by atoms with van der Waals surface area (Å²) in [6.07, 6.45) is 4.59.